The lowest BCUT2D eigenvalue weighted by atomic mass is 10.0. The highest BCUT2D eigenvalue weighted by Gasteiger charge is 2.39. The summed E-state index contributed by atoms with van der Waals surface area (Å²) in [6, 6.07) is 44.6. The van der Waals surface area contributed by atoms with Crippen LogP contribution < -0.4 is 10.0 Å². The minimum absolute atomic E-state index is 0.251. The number of carbonyl (C=O) groups excluding carboxylic acids is 2. The van der Waals surface area contributed by atoms with Crippen molar-refractivity contribution in [3.63, 3.8) is 0 Å². The summed E-state index contributed by atoms with van der Waals surface area (Å²) in [7, 11) is 0. The van der Waals surface area contributed by atoms with Crippen LogP contribution in [0.4, 0.5) is 22.7 Å². The summed E-state index contributed by atoms with van der Waals surface area (Å²) in [5, 5.41) is 30.3. The smallest absolute Gasteiger partial charge is 0.269 e. The highest BCUT2D eigenvalue weighted by atomic mass is 16.2. The highest BCUT2D eigenvalue weighted by molar-refractivity contribution is 6.25. The van der Waals surface area contributed by atoms with Gasteiger partial charge in [-0.1, -0.05) is 132 Å². The van der Waals surface area contributed by atoms with Crippen molar-refractivity contribution < 1.29 is 9.59 Å². The summed E-state index contributed by atoms with van der Waals surface area (Å²) in [6.45, 7) is 7.98. The summed E-state index contributed by atoms with van der Waals surface area (Å²) in [5.41, 5.74) is 11.5. The van der Waals surface area contributed by atoms with E-state index in [0.29, 0.717) is 22.8 Å². The standard InChI is InChI=1S/C48H40N8O2/c1-31-15-27-41(33(3)29-31)55-47(57)45(43(53-55)37-11-7-5-8-12-37)51-49-39-23-19-35(20-24-39)17-18-36-21-25-40(26-22-36)50-52-46-44(38-13-9-6-10-14-38)54-56(48(46)58)42-28-16-32(2)30-34(42)4/h5-30,45-46H,1-4H3/b18-17+,51-49?,52-50?. The normalized spacial score (nSPS) is 17.0. The third-order valence-corrected chi connectivity index (χ3v) is 9.95. The zero-order valence-electron chi connectivity index (χ0n) is 32.6. The molecule has 0 bridgehead atoms. The molecule has 6 aromatic carbocycles. The molecule has 2 unspecified atom stereocenters. The molecular formula is C48H40N8O2. The minimum Gasteiger partial charge on any atom is -0.269 e. The lowest BCUT2D eigenvalue weighted by Gasteiger charge is -2.15. The fourth-order valence-electron chi connectivity index (χ4n) is 6.92. The Morgan fingerprint density at radius 3 is 1.22 bits per heavy atom. The SMILES string of the molecule is Cc1ccc(N2N=C(c3ccccc3)C(N=Nc3ccc(/C=C/c4ccc(N=NC5C(=O)N(c6ccc(C)cc6C)N=C5c5ccccc5)cc4)cc3)C2=O)c(C)c1. The van der Waals surface area contributed by atoms with Crippen LogP contribution in [-0.2, 0) is 9.59 Å². The Morgan fingerprint density at radius 1 is 0.483 bits per heavy atom. The van der Waals surface area contributed by atoms with Crippen LogP contribution in [0.1, 0.15) is 44.5 Å². The monoisotopic (exact) mass is 760 g/mol. The van der Waals surface area contributed by atoms with Gasteiger partial charge in [0.2, 0.25) is 0 Å². The molecule has 10 nitrogen and oxygen atoms in total. The maximum absolute atomic E-state index is 13.7. The van der Waals surface area contributed by atoms with Crippen LogP contribution in [-0.4, -0.2) is 35.3 Å². The predicted octanol–water partition coefficient (Wildman–Crippen LogP) is 10.9. The number of anilines is 2. The van der Waals surface area contributed by atoms with Crippen LogP contribution in [0.15, 0.2) is 176 Å². The largest absolute Gasteiger partial charge is 0.280 e. The molecule has 284 valence electrons. The molecule has 0 N–H and O–H groups in total. The van der Waals surface area contributed by atoms with Gasteiger partial charge >= 0.3 is 0 Å². The molecule has 2 amide bonds. The molecule has 2 aliphatic rings. The molecule has 2 atom stereocenters. The number of hydrazone groups is 2. The number of nitrogens with zero attached hydrogens (tertiary/aromatic N) is 8. The first-order valence-corrected chi connectivity index (χ1v) is 19.0. The second kappa shape index (κ2) is 16.3. The molecule has 0 aromatic heterocycles. The van der Waals surface area contributed by atoms with Gasteiger partial charge in [0.15, 0.2) is 12.1 Å². The summed E-state index contributed by atoms with van der Waals surface area (Å²) in [5.74, 6) is -0.501. The third-order valence-electron chi connectivity index (χ3n) is 9.95. The van der Waals surface area contributed by atoms with Crippen LogP contribution in [0, 0.1) is 27.7 Å². The number of amides is 2. The maximum Gasteiger partial charge on any atom is 0.280 e. The van der Waals surface area contributed by atoms with Gasteiger partial charge in [0.25, 0.3) is 11.8 Å². The van der Waals surface area contributed by atoms with E-state index in [4.69, 9.17) is 10.2 Å². The number of hydrogen-bond donors (Lipinski definition) is 0. The van der Waals surface area contributed by atoms with Gasteiger partial charge in [-0.2, -0.15) is 40.7 Å². The molecule has 0 saturated carbocycles. The number of hydrogen-bond acceptors (Lipinski definition) is 8. The molecule has 0 aliphatic carbocycles. The molecular weight excluding hydrogens is 721 g/mol. The fraction of sp³-hybridized carbons (Fsp3) is 0.125. The lowest BCUT2D eigenvalue weighted by Crippen LogP contribution is -2.31. The van der Waals surface area contributed by atoms with E-state index in [0.717, 1.165) is 55.9 Å². The van der Waals surface area contributed by atoms with Gasteiger partial charge in [-0.25, -0.2) is 0 Å². The Bertz CT molecular complexity index is 2470. The van der Waals surface area contributed by atoms with Gasteiger partial charge in [-0.3, -0.25) is 9.59 Å². The Hall–Kier alpha value is -7.46. The van der Waals surface area contributed by atoms with E-state index >= 15 is 0 Å². The van der Waals surface area contributed by atoms with Gasteiger partial charge in [0, 0.05) is 11.1 Å². The van der Waals surface area contributed by atoms with Crippen molar-refractivity contribution in [2.24, 2.45) is 30.7 Å². The molecule has 2 heterocycles. The second-order valence-corrected chi connectivity index (χ2v) is 14.3. The van der Waals surface area contributed by atoms with Gasteiger partial charge < -0.3 is 0 Å². The highest BCUT2D eigenvalue weighted by Crippen LogP contribution is 2.31. The van der Waals surface area contributed by atoms with E-state index in [1.54, 1.807) is 0 Å². The number of azo groups is 2. The number of rotatable bonds is 10. The zero-order chi connectivity index (χ0) is 40.2. The van der Waals surface area contributed by atoms with Gasteiger partial charge in [-0.15, -0.1) is 0 Å². The van der Waals surface area contributed by atoms with E-state index in [2.05, 4.69) is 20.5 Å². The minimum atomic E-state index is -0.875. The van der Waals surface area contributed by atoms with Crippen LogP contribution in [0.3, 0.4) is 0 Å². The molecule has 0 fully saturated rings. The van der Waals surface area contributed by atoms with Crippen LogP contribution >= 0.6 is 0 Å². The Labute approximate surface area is 337 Å². The first-order valence-electron chi connectivity index (χ1n) is 19.0. The lowest BCUT2D eigenvalue weighted by molar-refractivity contribution is -0.118. The van der Waals surface area contributed by atoms with E-state index in [1.165, 1.54) is 10.0 Å². The summed E-state index contributed by atoms with van der Waals surface area (Å²) in [4.78, 5) is 27.4. The molecule has 2 aliphatic heterocycles. The molecule has 58 heavy (non-hydrogen) atoms. The summed E-state index contributed by atoms with van der Waals surface area (Å²) in [6.07, 6.45) is 4.00. The zero-order valence-corrected chi connectivity index (χ0v) is 32.6. The van der Waals surface area contributed by atoms with Crippen molar-refractivity contribution in [2.45, 2.75) is 39.8 Å². The summed E-state index contributed by atoms with van der Waals surface area (Å²) >= 11 is 0. The van der Waals surface area contributed by atoms with E-state index < -0.39 is 12.1 Å². The Morgan fingerprint density at radius 2 is 0.862 bits per heavy atom. The van der Waals surface area contributed by atoms with Crippen LogP contribution in [0.5, 0.6) is 0 Å². The van der Waals surface area contributed by atoms with E-state index in [1.807, 2.05) is 185 Å². The molecule has 0 radical (unpaired) electrons. The van der Waals surface area contributed by atoms with Crippen LogP contribution in [0.2, 0.25) is 0 Å². The third kappa shape index (κ3) is 7.94. The molecule has 8 rings (SSSR count). The molecule has 0 saturated heterocycles. The topological polar surface area (TPSA) is 115 Å². The van der Waals surface area contributed by atoms with Gasteiger partial charge in [-0.05, 0) is 86.3 Å². The maximum atomic E-state index is 13.7. The van der Waals surface area contributed by atoms with Crippen molar-refractivity contribution in [2.75, 3.05) is 10.0 Å². The molecule has 0 spiro atoms. The number of benzene rings is 6. The number of carbonyl (C=O) groups is 2. The van der Waals surface area contributed by atoms with E-state index in [9.17, 15) is 9.59 Å². The second-order valence-electron chi connectivity index (χ2n) is 14.3. The van der Waals surface area contributed by atoms with Crippen LogP contribution in [0.25, 0.3) is 12.2 Å². The van der Waals surface area contributed by atoms with Crippen molar-refractivity contribution >= 4 is 58.1 Å². The first kappa shape index (κ1) is 37.5. The Balaban J connectivity index is 0.940. The average molecular weight is 761 g/mol. The summed E-state index contributed by atoms with van der Waals surface area (Å²) < 4.78 is 0. The fourth-order valence-corrected chi connectivity index (χ4v) is 6.92. The molecule has 6 aromatic rings. The number of aryl methyl sites for hydroxylation is 4. The van der Waals surface area contributed by atoms with Crippen molar-refractivity contribution in [3.05, 3.63) is 190 Å². The van der Waals surface area contributed by atoms with Gasteiger partial charge in [0.1, 0.15) is 11.4 Å². The predicted molar refractivity (Wildman–Crippen MR) is 231 cm³/mol. The van der Waals surface area contributed by atoms with Gasteiger partial charge in [0.05, 0.1) is 22.7 Å². The quantitative estimate of drug-likeness (QED) is 0.102. The average Bonchev–Trinajstić information content (AvgIpc) is 3.74. The molecule has 10 heteroatoms. The van der Waals surface area contributed by atoms with E-state index in [-0.39, 0.29) is 11.8 Å². The van der Waals surface area contributed by atoms with Crippen molar-refractivity contribution in [3.8, 4) is 0 Å². The van der Waals surface area contributed by atoms with Crippen molar-refractivity contribution in [1.29, 1.82) is 0 Å². The Kier molecular flexibility index (Phi) is 10.5. The van der Waals surface area contributed by atoms with Crippen molar-refractivity contribution in [1.82, 2.24) is 0 Å². The first-order chi connectivity index (χ1) is 28.2.